The molecule has 0 aliphatic heterocycles. The molecule has 0 aliphatic carbocycles. The lowest BCUT2D eigenvalue weighted by molar-refractivity contribution is 0.101. The molecule has 0 bridgehead atoms. The summed E-state index contributed by atoms with van der Waals surface area (Å²) in [5.74, 6) is 0.309. The van der Waals surface area contributed by atoms with Gasteiger partial charge in [-0.2, -0.15) is 0 Å². The minimum Gasteiger partial charge on any atom is -0.496 e. The standard InChI is InChI=1S/C17H17NO4/c1-12(19)15-9-8-14(10-16(15)21-2)18-17(20)22-11-13-6-4-3-5-7-13/h3-10H,11H2,1-2H3,(H,18,20). The molecular weight excluding hydrogens is 282 g/mol. The summed E-state index contributed by atoms with van der Waals surface area (Å²) in [6.45, 7) is 1.65. The second-order valence-corrected chi connectivity index (χ2v) is 4.66. The molecule has 0 spiro atoms. The summed E-state index contributed by atoms with van der Waals surface area (Å²) in [5, 5.41) is 2.60. The molecule has 5 nitrogen and oxygen atoms in total. The summed E-state index contributed by atoms with van der Waals surface area (Å²) in [4.78, 5) is 23.2. The Bertz CT molecular complexity index is 668. The highest BCUT2D eigenvalue weighted by molar-refractivity contribution is 5.98. The van der Waals surface area contributed by atoms with Gasteiger partial charge in [0.1, 0.15) is 12.4 Å². The van der Waals surface area contributed by atoms with Crippen molar-refractivity contribution >= 4 is 17.6 Å². The monoisotopic (exact) mass is 299 g/mol. The zero-order chi connectivity index (χ0) is 15.9. The molecule has 0 atom stereocenters. The predicted molar refractivity (Wildman–Crippen MR) is 83.2 cm³/mol. The van der Waals surface area contributed by atoms with Crippen LogP contribution in [0.5, 0.6) is 5.75 Å². The van der Waals surface area contributed by atoms with Crippen LogP contribution in [0, 0.1) is 0 Å². The maximum atomic E-state index is 11.8. The van der Waals surface area contributed by atoms with Crippen molar-refractivity contribution in [1.82, 2.24) is 0 Å². The van der Waals surface area contributed by atoms with Crippen molar-refractivity contribution in [2.45, 2.75) is 13.5 Å². The smallest absolute Gasteiger partial charge is 0.411 e. The van der Waals surface area contributed by atoms with Gasteiger partial charge in [0.2, 0.25) is 0 Å². The molecule has 2 aromatic carbocycles. The topological polar surface area (TPSA) is 64.6 Å². The summed E-state index contributed by atoms with van der Waals surface area (Å²) in [5.41, 5.74) is 1.87. The summed E-state index contributed by atoms with van der Waals surface area (Å²) in [6, 6.07) is 14.2. The van der Waals surface area contributed by atoms with E-state index in [4.69, 9.17) is 9.47 Å². The molecule has 2 aromatic rings. The Labute approximate surface area is 128 Å². The molecule has 0 fully saturated rings. The first kappa shape index (κ1) is 15.6. The van der Waals surface area contributed by atoms with Crippen LogP contribution in [0.1, 0.15) is 22.8 Å². The molecule has 0 heterocycles. The van der Waals surface area contributed by atoms with Crippen LogP contribution in [-0.2, 0) is 11.3 Å². The van der Waals surface area contributed by atoms with E-state index in [1.165, 1.54) is 14.0 Å². The Morgan fingerprint density at radius 2 is 1.82 bits per heavy atom. The number of rotatable bonds is 5. The van der Waals surface area contributed by atoms with Crippen LogP contribution in [0.2, 0.25) is 0 Å². The molecule has 22 heavy (non-hydrogen) atoms. The number of hydrogen-bond donors (Lipinski definition) is 1. The largest absolute Gasteiger partial charge is 0.496 e. The zero-order valence-corrected chi connectivity index (χ0v) is 12.5. The van der Waals surface area contributed by atoms with Gasteiger partial charge in [-0.05, 0) is 24.6 Å². The van der Waals surface area contributed by atoms with E-state index in [0.29, 0.717) is 17.0 Å². The lowest BCUT2D eigenvalue weighted by Crippen LogP contribution is -2.13. The van der Waals surface area contributed by atoms with E-state index in [1.54, 1.807) is 18.2 Å². The average molecular weight is 299 g/mol. The number of Topliss-reactive ketones (excluding diaryl/α,β-unsaturated/α-hetero) is 1. The van der Waals surface area contributed by atoms with Crippen molar-refractivity contribution < 1.29 is 19.1 Å². The lowest BCUT2D eigenvalue weighted by Gasteiger charge is -2.10. The summed E-state index contributed by atoms with van der Waals surface area (Å²) >= 11 is 0. The van der Waals surface area contributed by atoms with Gasteiger partial charge in [-0.25, -0.2) is 4.79 Å². The fourth-order valence-electron chi connectivity index (χ4n) is 1.94. The Kier molecular flexibility index (Phi) is 5.14. The number of ketones is 1. The number of nitrogens with one attached hydrogen (secondary N) is 1. The van der Waals surface area contributed by atoms with E-state index in [2.05, 4.69) is 5.32 Å². The third-order valence-electron chi connectivity index (χ3n) is 3.04. The highest BCUT2D eigenvalue weighted by atomic mass is 16.5. The van der Waals surface area contributed by atoms with Gasteiger partial charge in [0.25, 0.3) is 0 Å². The van der Waals surface area contributed by atoms with Gasteiger partial charge in [0, 0.05) is 11.8 Å². The molecule has 0 aromatic heterocycles. The molecule has 0 saturated heterocycles. The molecule has 114 valence electrons. The van der Waals surface area contributed by atoms with Crippen LogP contribution in [-0.4, -0.2) is 19.0 Å². The molecular formula is C17H17NO4. The minimum atomic E-state index is -0.568. The third kappa shape index (κ3) is 4.09. The van der Waals surface area contributed by atoms with E-state index < -0.39 is 6.09 Å². The summed E-state index contributed by atoms with van der Waals surface area (Å²) in [6.07, 6.45) is -0.568. The molecule has 5 heteroatoms. The Morgan fingerprint density at radius 3 is 2.45 bits per heavy atom. The van der Waals surface area contributed by atoms with Crippen LogP contribution in [0.15, 0.2) is 48.5 Å². The van der Waals surface area contributed by atoms with E-state index >= 15 is 0 Å². The van der Waals surface area contributed by atoms with Gasteiger partial charge < -0.3 is 9.47 Å². The highest BCUT2D eigenvalue weighted by Crippen LogP contribution is 2.23. The van der Waals surface area contributed by atoms with Crippen LogP contribution >= 0.6 is 0 Å². The number of carbonyl (C=O) groups is 2. The number of ether oxygens (including phenoxy) is 2. The number of carbonyl (C=O) groups excluding carboxylic acids is 2. The van der Waals surface area contributed by atoms with E-state index in [-0.39, 0.29) is 12.4 Å². The highest BCUT2D eigenvalue weighted by Gasteiger charge is 2.10. The zero-order valence-electron chi connectivity index (χ0n) is 12.5. The van der Waals surface area contributed by atoms with Gasteiger partial charge in [0.05, 0.1) is 12.7 Å². The average Bonchev–Trinajstić information content (AvgIpc) is 2.53. The van der Waals surface area contributed by atoms with Crippen LogP contribution < -0.4 is 10.1 Å². The lowest BCUT2D eigenvalue weighted by atomic mass is 10.1. The van der Waals surface area contributed by atoms with E-state index in [0.717, 1.165) is 5.56 Å². The maximum Gasteiger partial charge on any atom is 0.411 e. The van der Waals surface area contributed by atoms with Crippen LogP contribution in [0.4, 0.5) is 10.5 Å². The Morgan fingerprint density at radius 1 is 1.09 bits per heavy atom. The molecule has 0 saturated carbocycles. The van der Waals surface area contributed by atoms with Crippen molar-refractivity contribution in [2.24, 2.45) is 0 Å². The number of hydrogen-bond acceptors (Lipinski definition) is 4. The Hall–Kier alpha value is -2.82. The molecule has 1 N–H and O–H groups in total. The van der Waals surface area contributed by atoms with E-state index in [9.17, 15) is 9.59 Å². The molecule has 0 radical (unpaired) electrons. The van der Waals surface area contributed by atoms with Gasteiger partial charge in [-0.1, -0.05) is 30.3 Å². The molecule has 0 aliphatic rings. The minimum absolute atomic E-state index is 0.102. The van der Waals surface area contributed by atoms with E-state index in [1.807, 2.05) is 30.3 Å². The second kappa shape index (κ2) is 7.26. The fourth-order valence-corrected chi connectivity index (χ4v) is 1.94. The van der Waals surface area contributed by atoms with Crippen LogP contribution in [0.3, 0.4) is 0 Å². The normalized spacial score (nSPS) is 9.91. The first-order chi connectivity index (χ1) is 10.6. The van der Waals surface area contributed by atoms with Gasteiger partial charge >= 0.3 is 6.09 Å². The summed E-state index contributed by atoms with van der Waals surface area (Å²) < 4.78 is 10.3. The SMILES string of the molecule is COc1cc(NC(=O)OCc2ccccc2)ccc1C(C)=O. The second-order valence-electron chi connectivity index (χ2n) is 4.66. The third-order valence-corrected chi connectivity index (χ3v) is 3.04. The first-order valence-electron chi connectivity index (χ1n) is 6.77. The first-order valence-corrected chi connectivity index (χ1v) is 6.77. The van der Waals surface area contributed by atoms with Gasteiger partial charge in [-0.3, -0.25) is 10.1 Å². The van der Waals surface area contributed by atoms with Crippen molar-refractivity contribution in [3.63, 3.8) is 0 Å². The number of amides is 1. The van der Waals surface area contributed by atoms with Gasteiger partial charge in [0.15, 0.2) is 5.78 Å². The van der Waals surface area contributed by atoms with Crippen molar-refractivity contribution in [1.29, 1.82) is 0 Å². The number of anilines is 1. The predicted octanol–water partition coefficient (Wildman–Crippen LogP) is 3.65. The van der Waals surface area contributed by atoms with Crippen molar-refractivity contribution in [2.75, 3.05) is 12.4 Å². The quantitative estimate of drug-likeness (QED) is 0.856. The number of benzene rings is 2. The van der Waals surface area contributed by atoms with Gasteiger partial charge in [-0.15, -0.1) is 0 Å². The van der Waals surface area contributed by atoms with Crippen molar-refractivity contribution in [3.05, 3.63) is 59.7 Å². The fraction of sp³-hybridized carbons (Fsp3) is 0.176. The molecule has 0 unspecified atom stereocenters. The summed E-state index contributed by atoms with van der Waals surface area (Å²) in [7, 11) is 1.47. The van der Waals surface area contributed by atoms with Crippen LogP contribution in [0.25, 0.3) is 0 Å². The molecule has 2 rings (SSSR count). The Balaban J connectivity index is 1.98. The van der Waals surface area contributed by atoms with Crippen molar-refractivity contribution in [3.8, 4) is 5.75 Å². The number of methoxy groups -OCH3 is 1. The molecule has 1 amide bonds. The maximum absolute atomic E-state index is 11.8.